The van der Waals surface area contributed by atoms with Crippen molar-refractivity contribution >= 4 is 22.7 Å². The zero-order chi connectivity index (χ0) is 21.5. The number of carbonyl (C=O) groups is 1. The lowest BCUT2D eigenvalue weighted by Crippen LogP contribution is -2.35. The third-order valence-electron chi connectivity index (χ3n) is 6.40. The van der Waals surface area contributed by atoms with Gasteiger partial charge in [-0.15, -0.1) is 0 Å². The van der Waals surface area contributed by atoms with Crippen molar-refractivity contribution in [1.82, 2.24) is 24.9 Å². The van der Waals surface area contributed by atoms with Crippen LogP contribution in [0.1, 0.15) is 43.3 Å². The molecule has 7 heteroatoms. The van der Waals surface area contributed by atoms with Gasteiger partial charge >= 0.3 is 0 Å². The molecule has 0 aromatic carbocycles. The molecule has 0 spiro atoms. The summed E-state index contributed by atoms with van der Waals surface area (Å²) in [6.45, 7) is 8.08. The minimum atomic E-state index is -0.119. The van der Waals surface area contributed by atoms with Crippen LogP contribution in [0.15, 0.2) is 47.4 Å². The first kappa shape index (κ1) is 19.9. The van der Waals surface area contributed by atoms with Gasteiger partial charge in [-0.3, -0.25) is 9.78 Å². The molecular formula is C24H28N6O. The van der Waals surface area contributed by atoms with Gasteiger partial charge in [0.2, 0.25) is 0 Å². The first-order chi connectivity index (χ1) is 15.0. The topological polar surface area (TPSA) is 74.9 Å². The van der Waals surface area contributed by atoms with Crippen LogP contribution < -0.4 is 5.32 Å². The van der Waals surface area contributed by atoms with E-state index in [1.54, 1.807) is 11.1 Å². The highest BCUT2D eigenvalue weighted by Crippen LogP contribution is 2.31. The van der Waals surface area contributed by atoms with Crippen LogP contribution in [0.5, 0.6) is 0 Å². The number of hydrogen-bond donors (Lipinski definition) is 1. The number of allylic oxidation sites excluding steroid dienone is 4. The quantitative estimate of drug-likeness (QED) is 0.814. The second-order valence-corrected chi connectivity index (χ2v) is 8.73. The van der Waals surface area contributed by atoms with E-state index in [4.69, 9.17) is 10.2 Å². The zero-order valence-corrected chi connectivity index (χ0v) is 18.3. The maximum absolute atomic E-state index is 13.3. The Balaban J connectivity index is 1.51. The van der Waals surface area contributed by atoms with Gasteiger partial charge < -0.3 is 5.32 Å². The van der Waals surface area contributed by atoms with Crippen LogP contribution >= 0.6 is 0 Å². The maximum Gasteiger partial charge on any atom is 0.271 e. The molecule has 1 fully saturated rings. The van der Waals surface area contributed by atoms with E-state index in [2.05, 4.69) is 29.4 Å². The van der Waals surface area contributed by atoms with Gasteiger partial charge in [0.05, 0.1) is 40.2 Å². The molecule has 0 aliphatic carbocycles. The van der Waals surface area contributed by atoms with E-state index in [9.17, 15) is 4.79 Å². The van der Waals surface area contributed by atoms with Crippen molar-refractivity contribution in [2.45, 2.75) is 40.0 Å². The smallest absolute Gasteiger partial charge is 0.271 e. The Labute approximate surface area is 182 Å². The number of nitrogens with one attached hydrogen (secondary N) is 1. The van der Waals surface area contributed by atoms with Gasteiger partial charge in [-0.1, -0.05) is 13.0 Å². The number of aryl methyl sites for hydroxylation is 2. The fraction of sp³-hybridized carbons (Fsp3) is 0.417. The van der Waals surface area contributed by atoms with E-state index in [1.807, 2.05) is 36.7 Å². The number of carbonyl (C=O) groups excluding carboxylic acids is 1. The Kier molecular flexibility index (Phi) is 5.06. The number of hydrogen-bond acceptors (Lipinski definition) is 5. The largest absolute Gasteiger partial charge is 0.317 e. The Morgan fingerprint density at radius 3 is 2.77 bits per heavy atom. The molecule has 3 aliphatic heterocycles. The lowest BCUT2D eigenvalue weighted by molar-refractivity contribution is -0.124. The van der Waals surface area contributed by atoms with Crippen LogP contribution in [0.3, 0.4) is 0 Å². The zero-order valence-electron chi connectivity index (χ0n) is 18.3. The minimum Gasteiger partial charge on any atom is -0.317 e. The molecule has 160 valence electrons. The first-order valence-electron chi connectivity index (χ1n) is 11.1. The van der Waals surface area contributed by atoms with Crippen molar-refractivity contribution in [2.75, 3.05) is 13.1 Å². The Bertz CT molecular complexity index is 1160. The highest BCUT2D eigenvalue weighted by molar-refractivity contribution is 6.02. The number of aromatic nitrogens is 3. The van der Waals surface area contributed by atoms with Gasteiger partial charge in [0, 0.05) is 12.0 Å². The van der Waals surface area contributed by atoms with Gasteiger partial charge in [-0.2, -0.15) is 15.2 Å². The predicted octanol–water partition coefficient (Wildman–Crippen LogP) is 3.41. The number of rotatable bonds is 2. The van der Waals surface area contributed by atoms with Gasteiger partial charge in [0.1, 0.15) is 0 Å². The molecule has 3 aliphatic rings. The molecule has 5 rings (SSSR count). The van der Waals surface area contributed by atoms with E-state index >= 15 is 0 Å². The van der Waals surface area contributed by atoms with Gasteiger partial charge in [0.25, 0.3) is 5.91 Å². The molecule has 1 saturated heterocycles. The molecule has 0 radical (unpaired) electrons. The van der Waals surface area contributed by atoms with Crippen molar-refractivity contribution < 1.29 is 4.79 Å². The van der Waals surface area contributed by atoms with Crippen LogP contribution in [-0.4, -0.2) is 44.3 Å². The lowest BCUT2D eigenvalue weighted by atomic mass is 9.90. The van der Waals surface area contributed by atoms with Crippen LogP contribution in [0.4, 0.5) is 0 Å². The van der Waals surface area contributed by atoms with Crippen molar-refractivity contribution in [3.05, 3.63) is 59.3 Å². The van der Waals surface area contributed by atoms with Crippen LogP contribution in [0.25, 0.3) is 11.1 Å². The maximum atomic E-state index is 13.3. The second-order valence-electron chi connectivity index (χ2n) is 8.73. The minimum absolute atomic E-state index is 0.119. The normalized spacial score (nSPS) is 22.5. The number of amides is 1. The fourth-order valence-corrected chi connectivity index (χ4v) is 4.63. The van der Waals surface area contributed by atoms with E-state index < -0.39 is 0 Å². The Morgan fingerprint density at radius 2 is 1.97 bits per heavy atom. The van der Waals surface area contributed by atoms with Gasteiger partial charge in [0.15, 0.2) is 0 Å². The molecular weight excluding hydrogens is 388 g/mol. The average molecular weight is 417 g/mol. The third-order valence-corrected chi connectivity index (χ3v) is 6.40. The molecule has 1 N–H and O–H groups in total. The summed E-state index contributed by atoms with van der Waals surface area (Å²) in [5.74, 6) is 0.449. The van der Waals surface area contributed by atoms with E-state index in [-0.39, 0.29) is 11.8 Å². The van der Waals surface area contributed by atoms with E-state index in [1.165, 1.54) is 0 Å². The van der Waals surface area contributed by atoms with E-state index in [0.717, 1.165) is 71.9 Å². The summed E-state index contributed by atoms with van der Waals surface area (Å²) in [6, 6.07) is 2.03. The van der Waals surface area contributed by atoms with Crippen molar-refractivity contribution in [3.8, 4) is 0 Å². The molecule has 2 aromatic heterocycles. The Hall–Kier alpha value is -3.06. The van der Waals surface area contributed by atoms with Gasteiger partial charge in [-0.25, -0.2) is 4.52 Å². The molecule has 7 nitrogen and oxygen atoms in total. The summed E-state index contributed by atoms with van der Waals surface area (Å²) in [5.41, 5.74) is 6.44. The predicted molar refractivity (Wildman–Crippen MR) is 121 cm³/mol. The molecule has 2 aromatic rings. The average Bonchev–Trinajstić information content (AvgIpc) is 3.19. The molecule has 1 amide bonds. The molecule has 0 saturated carbocycles. The van der Waals surface area contributed by atoms with Crippen LogP contribution in [-0.2, 0) is 4.79 Å². The highest BCUT2D eigenvalue weighted by atomic mass is 16.2. The van der Waals surface area contributed by atoms with Crippen molar-refractivity contribution in [1.29, 1.82) is 0 Å². The number of hydrazone groups is 1. The molecule has 1 unspecified atom stereocenters. The standard InChI is InChI=1S/C24H28N6O/c1-15-4-5-19-6-7-21(18-8-10-25-11-9-18)28-30(19)24(31)12-20(15)22-13-23-17(3)26-16(2)14-29(23)27-22/h5-7,12-15,18,25H,4,8-11H2,1-3H3. The third kappa shape index (κ3) is 3.74. The van der Waals surface area contributed by atoms with Crippen molar-refractivity contribution in [2.24, 2.45) is 16.9 Å². The number of fused-ring (bicyclic) bond motifs is 2. The SMILES string of the molecule is Cc1cn2nc(C3=CC(=O)N4N=C(C5CCNCC5)C=CC4=CCC3C)cc2c(C)n1. The number of piperidine rings is 1. The summed E-state index contributed by atoms with van der Waals surface area (Å²) >= 11 is 0. The molecule has 0 bridgehead atoms. The summed E-state index contributed by atoms with van der Waals surface area (Å²) < 4.78 is 1.86. The molecule has 5 heterocycles. The van der Waals surface area contributed by atoms with Crippen LogP contribution in [0.2, 0.25) is 0 Å². The Morgan fingerprint density at radius 1 is 1.16 bits per heavy atom. The lowest BCUT2D eigenvalue weighted by Gasteiger charge is -2.29. The van der Waals surface area contributed by atoms with Gasteiger partial charge in [-0.05, 0) is 75.9 Å². The first-order valence-corrected chi connectivity index (χ1v) is 11.1. The fourth-order valence-electron chi connectivity index (χ4n) is 4.63. The highest BCUT2D eigenvalue weighted by Gasteiger charge is 2.27. The van der Waals surface area contributed by atoms with Crippen molar-refractivity contribution in [3.63, 3.8) is 0 Å². The molecule has 31 heavy (non-hydrogen) atoms. The van der Waals surface area contributed by atoms with E-state index in [0.29, 0.717) is 5.92 Å². The summed E-state index contributed by atoms with van der Waals surface area (Å²) in [7, 11) is 0. The monoisotopic (exact) mass is 416 g/mol. The van der Waals surface area contributed by atoms with Crippen LogP contribution in [0, 0.1) is 25.7 Å². The summed E-state index contributed by atoms with van der Waals surface area (Å²) in [4.78, 5) is 17.8. The number of nitrogens with zero attached hydrogens (tertiary/aromatic N) is 5. The second kappa shape index (κ2) is 7.89. The summed E-state index contributed by atoms with van der Waals surface area (Å²) in [6.07, 6.45) is 12.8. The summed E-state index contributed by atoms with van der Waals surface area (Å²) in [5, 5.41) is 14.5. The molecule has 1 atom stereocenters.